The van der Waals surface area contributed by atoms with Gasteiger partial charge >= 0.3 is 0 Å². The molecule has 1 aliphatic carbocycles. The van der Waals surface area contributed by atoms with Gasteiger partial charge in [-0.05, 0) is 50.3 Å². The quantitative estimate of drug-likeness (QED) is 0.839. The van der Waals surface area contributed by atoms with Crippen LogP contribution in [-0.4, -0.2) is 17.6 Å². The largest absolute Gasteiger partial charge is 0.489 e. The first-order valence-electron chi connectivity index (χ1n) is 7.06. The van der Waals surface area contributed by atoms with E-state index >= 15 is 0 Å². The van der Waals surface area contributed by atoms with Gasteiger partial charge in [0, 0.05) is 6.54 Å². The van der Waals surface area contributed by atoms with Crippen LogP contribution in [0.4, 0.5) is 0 Å². The fourth-order valence-corrected chi connectivity index (χ4v) is 2.27. The van der Waals surface area contributed by atoms with Crippen molar-refractivity contribution in [2.24, 2.45) is 5.92 Å². The van der Waals surface area contributed by atoms with E-state index in [0.29, 0.717) is 12.0 Å². The molecule has 0 bridgehead atoms. The Morgan fingerprint density at radius 2 is 2.11 bits per heavy atom. The molecule has 3 nitrogen and oxygen atoms in total. The molecule has 0 aliphatic heterocycles. The monoisotopic (exact) mass is 248 g/mol. The molecule has 1 heterocycles. The van der Waals surface area contributed by atoms with E-state index in [1.54, 1.807) is 0 Å². The predicted octanol–water partition coefficient (Wildman–Crippen LogP) is 3.15. The topological polar surface area (TPSA) is 34.1 Å². The van der Waals surface area contributed by atoms with Gasteiger partial charge in [0.25, 0.3) is 0 Å². The minimum atomic E-state index is 0.414. The lowest BCUT2D eigenvalue weighted by atomic mass is 10.2. The van der Waals surface area contributed by atoms with Crippen molar-refractivity contribution in [3.8, 4) is 5.75 Å². The SMILES string of the molecule is CC(C)CNCc1ccc(OC2CCCC2)cn1. The van der Waals surface area contributed by atoms with E-state index in [4.69, 9.17) is 4.74 Å². The summed E-state index contributed by atoms with van der Waals surface area (Å²) >= 11 is 0. The van der Waals surface area contributed by atoms with Crippen LogP contribution in [0, 0.1) is 5.92 Å². The van der Waals surface area contributed by atoms with Gasteiger partial charge in [0.15, 0.2) is 0 Å². The molecule has 1 aromatic heterocycles. The highest BCUT2D eigenvalue weighted by Gasteiger charge is 2.16. The summed E-state index contributed by atoms with van der Waals surface area (Å²) in [5.74, 6) is 1.59. The van der Waals surface area contributed by atoms with Crippen molar-refractivity contribution in [2.45, 2.75) is 52.2 Å². The summed E-state index contributed by atoms with van der Waals surface area (Å²) in [6, 6.07) is 4.09. The van der Waals surface area contributed by atoms with Gasteiger partial charge in [-0.15, -0.1) is 0 Å². The molecule has 1 N–H and O–H groups in total. The normalized spacial score (nSPS) is 16.4. The van der Waals surface area contributed by atoms with E-state index < -0.39 is 0 Å². The van der Waals surface area contributed by atoms with Crippen LogP contribution in [0.1, 0.15) is 45.2 Å². The third-order valence-corrected chi connectivity index (χ3v) is 3.26. The Bertz CT molecular complexity index is 342. The van der Waals surface area contributed by atoms with Crippen molar-refractivity contribution in [3.63, 3.8) is 0 Å². The summed E-state index contributed by atoms with van der Waals surface area (Å²) in [5.41, 5.74) is 1.08. The van der Waals surface area contributed by atoms with Crippen LogP contribution in [0.15, 0.2) is 18.3 Å². The Morgan fingerprint density at radius 3 is 2.72 bits per heavy atom. The maximum absolute atomic E-state index is 5.89. The molecule has 0 amide bonds. The van der Waals surface area contributed by atoms with Gasteiger partial charge in [-0.25, -0.2) is 0 Å². The number of nitrogens with one attached hydrogen (secondary N) is 1. The van der Waals surface area contributed by atoms with Crippen molar-refractivity contribution in [3.05, 3.63) is 24.0 Å². The zero-order valence-electron chi connectivity index (χ0n) is 11.5. The second-order valence-electron chi connectivity index (χ2n) is 5.53. The zero-order valence-corrected chi connectivity index (χ0v) is 11.5. The van der Waals surface area contributed by atoms with Crippen LogP contribution >= 0.6 is 0 Å². The molecular weight excluding hydrogens is 224 g/mol. The van der Waals surface area contributed by atoms with Crippen molar-refractivity contribution in [2.75, 3.05) is 6.54 Å². The number of hydrogen-bond donors (Lipinski definition) is 1. The van der Waals surface area contributed by atoms with Gasteiger partial charge < -0.3 is 10.1 Å². The molecule has 0 spiro atoms. The van der Waals surface area contributed by atoms with E-state index in [2.05, 4.69) is 30.2 Å². The molecule has 100 valence electrons. The highest BCUT2D eigenvalue weighted by Crippen LogP contribution is 2.23. The molecule has 1 aromatic rings. The van der Waals surface area contributed by atoms with Crippen LogP contribution in [0.5, 0.6) is 5.75 Å². The van der Waals surface area contributed by atoms with Gasteiger partial charge in [0.05, 0.1) is 18.0 Å². The van der Waals surface area contributed by atoms with E-state index in [9.17, 15) is 0 Å². The molecule has 0 atom stereocenters. The maximum atomic E-state index is 5.89. The standard InChI is InChI=1S/C15H24N2O/c1-12(2)9-16-10-13-7-8-15(11-17-13)18-14-5-3-4-6-14/h7-8,11-12,14,16H,3-6,9-10H2,1-2H3. The minimum absolute atomic E-state index is 0.414. The summed E-state index contributed by atoms with van der Waals surface area (Å²) in [7, 11) is 0. The van der Waals surface area contributed by atoms with Crippen LogP contribution in [0.25, 0.3) is 0 Å². The van der Waals surface area contributed by atoms with E-state index in [-0.39, 0.29) is 0 Å². The maximum Gasteiger partial charge on any atom is 0.138 e. The van der Waals surface area contributed by atoms with Crippen LogP contribution in [0.2, 0.25) is 0 Å². The summed E-state index contributed by atoms with van der Waals surface area (Å²) in [6.45, 7) is 6.28. The lowest BCUT2D eigenvalue weighted by Crippen LogP contribution is -2.19. The van der Waals surface area contributed by atoms with Crippen molar-refractivity contribution in [1.29, 1.82) is 0 Å². The minimum Gasteiger partial charge on any atom is -0.489 e. The molecule has 0 saturated heterocycles. The van der Waals surface area contributed by atoms with Gasteiger partial charge in [-0.1, -0.05) is 13.8 Å². The van der Waals surface area contributed by atoms with Crippen molar-refractivity contribution < 1.29 is 4.74 Å². The molecular formula is C15H24N2O. The third kappa shape index (κ3) is 4.30. The third-order valence-electron chi connectivity index (χ3n) is 3.26. The average Bonchev–Trinajstić information content (AvgIpc) is 2.84. The first-order chi connectivity index (χ1) is 8.74. The molecule has 1 aliphatic rings. The molecule has 2 rings (SSSR count). The average molecular weight is 248 g/mol. The summed E-state index contributed by atoms with van der Waals surface area (Å²) in [6.07, 6.45) is 7.25. The second kappa shape index (κ2) is 6.74. The van der Waals surface area contributed by atoms with Gasteiger partial charge in [-0.3, -0.25) is 4.98 Å². The molecule has 0 aromatic carbocycles. The number of rotatable bonds is 6. The Hall–Kier alpha value is -1.09. The summed E-state index contributed by atoms with van der Waals surface area (Å²) < 4.78 is 5.89. The summed E-state index contributed by atoms with van der Waals surface area (Å²) in [5, 5.41) is 3.39. The molecule has 0 unspecified atom stereocenters. The van der Waals surface area contributed by atoms with Gasteiger partial charge in [0.2, 0.25) is 0 Å². The van der Waals surface area contributed by atoms with Gasteiger partial charge in [0.1, 0.15) is 5.75 Å². The van der Waals surface area contributed by atoms with E-state index in [1.165, 1.54) is 25.7 Å². The number of aromatic nitrogens is 1. The van der Waals surface area contributed by atoms with E-state index in [0.717, 1.165) is 24.5 Å². The van der Waals surface area contributed by atoms with E-state index in [1.807, 2.05) is 12.3 Å². The number of hydrogen-bond acceptors (Lipinski definition) is 3. The Balaban J connectivity index is 1.77. The highest BCUT2D eigenvalue weighted by molar-refractivity contribution is 5.20. The fourth-order valence-electron chi connectivity index (χ4n) is 2.27. The lowest BCUT2D eigenvalue weighted by molar-refractivity contribution is 0.209. The number of ether oxygens (including phenoxy) is 1. The number of nitrogens with zero attached hydrogens (tertiary/aromatic N) is 1. The van der Waals surface area contributed by atoms with Crippen LogP contribution in [0.3, 0.4) is 0 Å². The first kappa shape index (κ1) is 13.3. The number of pyridine rings is 1. The molecule has 18 heavy (non-hydrogen) atoms. The van der Waals surface area contributed by atoms with Crippen molar-refractivity contribution >= 4 is 0 Å². The first-order valence-corrected chi connectivity index (χ1v) is 7.06. The lowest BCUT2D eigenvalue weighted by Gasteiger charge is -2.13. The van der Waals surface area contributed by atoms with Gasteiger partial charge in [-0.2, -0.15) is 0 Å². The molecule has 3 heteroatoms. The van der Waals surface area contributed by atoms with Crippen LogP contribution in [-0.2, 0) is 6.54 Å². The molecule has 1 fully saturated rings. The Labute approximate surface area is 110 Å². The smallest absolute Gasteiger partial charge is 0.138 e. The zero-order chi connectivity index (χ0) is 12.8. The Kier molecular flexibility index (Phi) is 5.00. The molecule has 0 radical (unpaired) electrons. The Morgan fingerprint density at radius 1 is 1.33 bits per heavy atom. The highest BCUT2D eigenvalue weighted by atomic mass is 16.5. The second-order valence-corrected chi connectivity index (χ2v) is 5.53. The fraction of sp³-hybridized carbons (Fsp3) is 0.667. The van der Waals surface area contributed by atoms with Crippen molar-refractivity contribution in [1.82, 2.24) is 10.3 Å². The molecule has 1 saturated carbocycles. The van der Waals surface area contributed by atoms with Crippen LogP contribution < -0.4 is 10.1 Å². The summed E-state index contributed by atoms with van der Waals surface area (Å²) in [4.78, 5) is 4.43. The predicted molar refractivity (Wildman–Crippen MR) is 73.7 cm³/mol.